The van der Waals surface area contributed by atoms with Crippen LogP contribution in [-0.4, -0.2) is 30.1 Å². The van der Waals surface area contributed by atoms with Gasteiger partial charge in [-0.15, -0.1) is 0 Å². The van der Waals surface area contributed by atoms with Gasteiger partial charge in [-0.3, -0.25) is 4.90 Å². The summed E-state index contributed by atoms with van der Waals surface area (Å²) in [4.78, 5) is 2.66. The molecule has 2 unspecified atom stereocenters. The molecule has 2 N–H and O–H groups in total. The Bertz CT molecular complexity index is 151. The molecule has 0 aromatic carbocycles. The zero-order valence-corrected chi connectivity index (χ0v) is 10.5. The van der Waals surface area contributed by atoms with E-state index < -0.39 is 0 Å². The van der Waals surface area contributed by atoms with E-state index in [-0.39, 0.29) is 0 Å². The molecule has 1 saturated carbocycles. The predicted octanol–water partition coefficient (Wildman–Crippen LogP) is 2.77. The smallest absolute Gasteiger partial charge is 0.0247 e. The van der Waals surface area contributed by atoms with Crippen LogP contribution in [0.4, 0.5) is 0 Å². The third-order valence-electron chi connectivity index (χ3n) is 3.60. The summed E-state index contributed by atoms with van der Waals surface area (Å²) in [5, 5.41) is 0. The van der Waals surface area contributed by atoms with E-state index in [1.165, 1.54) is 58.0 Å². The summed E-state index contributed by atoms with van der Waals surface area (Å²) in [6, 6.07) is 1.13. The van der Waals surface area contributed by atoms with E-state index in [1.54, 1.807) is 0 Å². The van der Waals surface area contributed by atoms with E-state index in [0.717, 1.165) is 0 Å². The van der Waals surface area contributed by atoms with E-state index in [9.17, 15) is 0 Å². The predicted molar refractivity (Wildman–Crippen MR) is 67.0 cm³/mol. The molecule has 2 atom stereocenters. The SMILES string of the molecule is CCCCN(CCCC)C1CCCC1N. The topological polar surface area (TPSA) is 29.3 Å². The second-order valence-electron chi connectivity index (χ2n) is 4.91. The molecule has 0 bridgehead atoms. The molecule has 1 rings (SSSR count). The number of hydrogen-bond acceptors (Lipinski definition) is 2. The molecule has 0 aliphatic heterocycles. The van der Waals surface area contributed by atoms with Crippen molar-refractivity contribution in [3.63, 3.8) is 0 Å². The fourth-order valence-electron chi connectivity index (χ4n) is 2.59. The lowest BCUT2D eigenvalue weighted by atomic mass is 10.1. The van der Waals surface area contributed by atoms with Gasteiger partial charge in [0.05, 0.1) is 0 Å². The number of nitrogens with zero attached hydrogens (tertiary/aromatic N) is 1. The molecule has 0 spiro atoms. The maximum atomic E-state index is 6.18. The highest BCUT2D eigenvalue weighted by Gasteiger charge is 2.28. The maximum absolute atomic E-state index is 6.18. The van der Waals surface area contributed by atoms with Crippen molar-refractivity contribution in [3.8, 4) is 0 Å². The molecular weight excluding hydrogens is 184 g/mol. The first-order valence-corrected chi connectivity index (χ1v) is 6.79. The normalized spacial score (nSPS) is 26.4. The third kappa shape index (κ3) is 4.12. The number of rotatable bonds is 7. The van der Waals surface area contributed by atoms with Gasteiger partial charge in [-0.05, 0) is 38.8 Å². The van der Waals surface area contributed by atoms with Crippen LogP contribution in [0.15, 0.2) is 0 Å². The van der Waals surface area contributed by atoms with Gasteiger partial charge in [0.1, 0.15) is 0 Å². The van der Waals surface area contributed by atoms with Gasteiger partial charge in [-0.25, -0.2) is 0 Å². The average molecular weight is 212 g/mol. The number of unbranched alkanes of at least 4 members (excludes halogenated alkanes) is 2. The first-order chi connectivity index (χ1) is 7.29. The molecule has 15 heavy (non-hydrogen) atoms. The van der Waals surface area contributed by atoms with Crippen LogP contribution in [0.5, 0.6) is 0 Å². The van der Waals surface area contributed by atoms with Crippen LogP contribution in [0.1, 0.15) is 58.8 Å². The van der Waals surface area contributed by atoms with Gasteiger partial charge in [0, 0.05) is 12.1 Å². The van der Waals surface area contributed by atoms with Gasteiger partial charge in [0.25, 0.3) is 0 Å². The first-order valence-electron chi connectivity index (χ1n) is 6.79. The largest absolute Gasteiger partial charge is 0.326 e. The van der Waals surface area contributed by atoms with Gasteiger partial charge in [0.2, 0.25) is 0 Å². The summed E-state index contributed by atoms with van der Waals surface area (Å²) < 4.78 is 0. The van der Waals surface area contributed by atoms with Crippen LogP contribution >= 0.6 is 0 Å². The third-order valence-corrected chi connectivity index (χ3v) is 3.60. The van der Waals surface area contributed by atoms with Crippen molar-refractivity contribution in [1.29, 1.82) is 0 Å². The van der Waals surface area contributed by atoms with Crippen molar-refractivity contribution in [2.45, 2.75) is 70.9 Å². The molecule has 1 aliphatic rings. The van der Waals surface area contributed by atoms with Crippen molar-refractivity contribution in [2.24, 2.45) is 5.73 Å². The highest BCUT2D eigenvalue weighted by Crippen LogP contribution is 2.23. The highest BCUT2D eigenvalue weighted by molar-refractivity contribution is 4.88. The molecule has 1 fully saturated rings. The van der Waals surface area contributed by atoms with Crippen molar-refractivity contribution >= 4 is 0 Å². The lowest BCUT2D eigenvalue weighted by Gasteiger charge is -2.31. The molecule has 0 aromatic heterocycles. The summed E-state index contributed by atoms with van der Waals surface area (Å²) in [7, 11) is 0. The Morgan fingerprint density at radius 2 is 1.67 bits per heavy atom. The summed E-state index contributed by atoms with van der Waals surface area (Å²) in [6.07, 6.45) is 9.14. The minimum absolute atomic E-state index is 0.443. The summed E-state index contributed by atoms with van der Waals surface area (Å²) >= 11 is 0. The van der Waals surface area contributed by atoms with Crippen LogP contribution in [0.2, 0.25) is 0 Å². The van der Waals surface area contributed by atoms with Crippen LogP contribution in [0.3, 0.4) is 0 Å². The Labute approximate surface area is 95.2 Å². The van der Waals surface area contributed by atoms with E-state index in [0.29, 0.717) is 12.1 Å². The molecular formula is C13H28N2. The first kappa shape index (κ1) is 13.0. The summed E-state index contributed by atoms with van der Waals surface area (Å²) in [5.41, 5.74) is 6.18. The van der Waals surface area contributed by atoms with Gasteiger partial charge in [-0.1, -0.05) is 33.1 Å². The standard InChI is InChI=1S/C13H28N2/c1-3-5-10-15(11-6-4-2)13-9-7-8-12(13)14/h12-13H,3-11,14H2,1-2H3. The molecule has 90 valence electrons. The second-order valence-corrected chi connectivity index (χ2v) is 4.91. The van der Waals surface area contributed by atoms with Crippen molar-refractivity contribution in [2.75, 3.05) is 13.1 Å². The van der Waals surface area contributed by atoms with Crippen molar-refractivity contribution in [3.05, 3.63) is 0 Å². The van der Waals surface area contributed by atoms with Crippen LogP contribution in [0, 0.1) is 0 Å². The lowest BCUT2D eigenvalue weighted by molar-refractivity contribution is 0.179. The quantitative estimate of drug-likeness (QED) is 0.703. The fourth-order valence-corrected chi connectivity index (χ4v) is 2.59. The molecule has 2 nitrogen and oxygen atoms in total. The Morgan fingerprint density at radius 1 is 1.07 bits per heavy atom. The summed E-state index contributed by atoms with van der Waals surface area (Å²) in [5.74, 6) is 0. The molecule has 2 heteroatoms. The van der Waals surface area contributed by atoms with E-state index >= 15 is 0 Å². The molecule has 0 amide bonds. The van der Waals surface area contributed by atoms with E-state index in [4.69, 9.17) is 5.73 Å². The molecule has 1 aliphatic carbocycles. The summed E-state index contributed by atoms with van der Waals surface area (Å²) in [6.45, 7) is 7.06. The monoisotopic (exact) mass is 212 g/mol. The zero-order valence-electron chi connectivity index (χ0n) is 10.5. The maximum Gasteiger partial charge on any atom is 0.0247 e. The Kier molecular flexibility index (Phi) is 6.26. The average Bonchev–Trinajstić information content (AvgIpc) is 2.65. The molecule has 0 heterocycles. The molecule has 0 saturated heterocycles. The van der Waals surface area contributed by atoms with E-state index in [1.807, 2.05) is 0 Å². The van der Waals surface area contributed by atoms with E-state index in [2.05, 4.69) is 18.7 Å². The zero-order chi connectivity index (χ0) is 11.1. The van der Waals surface area contributed by atoms with Gasteiger partial charge < -0.3 is 5.73 Å². The number of hydrogen-bond donors (Lipinski definition) is 1. The van der Waals surface area contributed by atoms with Crippen LogP contribution < -0.4 is 5.73 Å². The Hall–Kier alpha value is -0.0800. The van der Waals surface area contributed by atoms with Gasteiger partial charge in [0.15, 0.2) is 0 Å². The van der Waals surface area contributed by atoms with Crippen LogP contribution in [-0.2, 0) is 0 Å². The Balaban J connectivity index is 2.38. The van der Waals surface area contributed by atoms with Gasteiger partial charge in [-0.2, -0.15) is 0 Å². The minimum Gasteiger partial charge on any atom is -0.326 e. The van der Waals surface area contributed by atoms with Crippen molar-refractivity contribution in [1.82, 2.24) is 4.90 Å². The fraction of sp³-hybridized carbons (Fsp3) is 1.00. The molecule has 0 aromatic rings. The second kappa shape index (κ2) is 7.24. The minimum atomic E-state index is 0.443. The Morgan fingerprint density at radius 3 is 2.07 bits per heavy atom. The highest BCUT2D eigenvalue weighted by atomic mass is 15.2. The molecule has 0 radical (unpaired) electrons. The lowest BCUT2D eigenvalue weighted by Crippen LogP contribution is -2.45. The van der Waals surface area contributed by atoms with Crippen LogP contribution in [0.25, 0.3) is 0 Å². The van der Waals surface area contributed by atoms with Crippen molar-refractivity contribution < 1.29 is 0 Å². The van der Waals surface area contributed by atoms with Gasteiger partial charge >= 0.3 is 0 Å². The number of nitrogens with two attached hydrogens (primary N) is 1.